The van der Waals surface area contributed by atoms with Gasteiger partial charge in [0.2, 0.25) is 5.69 Å². The van der Waals surface area contributed by atoms with Gasteiger partial charge in [0, 0.05) is 70.4 Å². The zero-order valence-electron chi connectivity index (χ0n) is 43.7. The second kappa shape index (κ2) is 16.0. The van der Waals surface area contributed by atoms with Gasteiger partial charge in [-0.2, -0.15) is 5.26 Å². The number of rotatable bonds is 4. The van der Waals surface area contributed by atoms with Crippen LogP contribution in [-0.2, 0) is 0 Å². The number of benzene rings is 12. The van der Waals surface area contributed by atoms with Crippen LogP contribution >= 0.6 is 0 Å². The molecule has 0 aliphatic rings. The number of fused-ring (bicyclic) bond motifs is 24. The molecular formula is C74H37N5O4. The third-order valence-electron chi connectivity index (χ3n) is 17.5. The Bertz CT molecular complexity index is 6230. The van der Waals surface area contributed by atoms with E-state index in [2.05, 4.69) is 153 Å². The van der Waals surface area contributed by atoms with Gasteiger partial charge < -0.3 is 31.4 Å². The Hall–Kier alpha value is -11.8. The monoisotopic (exact) mass is 1060 g/mol. The third-order valence-corrected chi connectivity index (χ3v) is 17.5. The standard InChI is InChI=1S/C74H37N5O4/c1-76-67-68(77-53-26-9-2-21-48(53)64-56(77)36-33-45-41-18-6-13-30-60(41)81-72(45)64)52(39-75)63(51-25-16-24-44-40-17-5-12-29-59(40)80-71(44)51)69(78-54-27-10-3-22-49(54)65-57(78)37-34-46-42-19-7-14-31-61(42)82-73(46)65)70(67)79-55-28-11-4-23-50(55)66-58(79)38-35-47-43-20-8-15-32-62(43)83-74(47)66/h2-38H. The molecule has 0 fully saturated rings. The summed E-state index contributed by atoms with van der Waals surface area (Å²) in [5, 5.41) is 26.0. The van der Waals surface area contributed by atoms with Crippen LogP contribution in [0.4, 0.5) is 5.69 Å². The predicted molar refractivity (Wildman–Crippen MR) is 335 cm³/mol. The maximum Gasteiger partial charge on any atom is 0.237 e. The van der Waals surface area contributed by atoms with Crippen LogP contribution in [0.15, 0.2) is 242 Å². The lowest BCUT2D eigenvalue weighted by Gasteiger charge is -2.26. The van der Waals surface area contributed by atoms with E-state index in [1.807, 2.05) is 91.0 Å². The maximum atomic E-state index is 12.7. The van der Waals surface area contributed by atoms with Crippen LogP contribution in [0.5, 0.6) is 0 Å². The van der Waals surface area contributed by atoms with Crippen molar-refractivity contribution in [2.24, 2.45) is 0 Å². The molecule has 0 aliphatic heterocycles. The molecule has 0 bridgehead atoms. The quantitative estimate of drug-likeness (QED) is 0.164. The van der Waals surface area contributed by atoms with Gasteiger partial charge in [0.1, 0.15) is 50.7 Å². The van der Waals surface area contributed by atoms with Crippen molar-refractivity contribution in [2.75, 3.05) is 0 Å². The molecule has 0 atom stereocenters. The summed E-state index contributed by atoms with van der Waals surface area (Å²) in [7, 11) is 0. The lowest BCUT2D eigenvalue weighted by atomic mass is 9.91. The van der Waals surface area contributed by atoms with E-state index in [0.717, 1.165) is 142 Å². The van der Waals surface area contributed by atoms with Gasteiger partial charge in [0.05, 0.1) is 78.5 Å². The zero-order chi connectivity index (χ0) is 54.3. The van der Waals surface area contributed by atoms with E-state index in [1.54, 1.807) is 0 Å². The molecule has 19 aromatic rings. The van der Waals surface area contributed by atoms with Crippen LogP contribution in [0, 0.1) is 17.9 Å². The van der Waals surface area contributed by atoms with E-state index >= 15 is 0 Å². The van der Waals surface area contributed by atoms with Gasteiger partial charge in [-0.3, -0.25) is 0 Å². The van der Waals surface area contributed by atoms with Crippen molar-refractivity contribution >= 4 is 159 Å². The summed E-state index contributed by atoms with van der Waals surface area (Å²) < 4.78 is 34.5. The zero-order valence-corrected chi connectivity index (χ0v) is 43.7. The van der Waals surface area contributed by atoms with Crippen molar-refractivity contribution in [3.05, 3.63) is 241 Å². The predicted octanol–water partition coefficient (Wildman–Crippen LogP) is 20.7. The Morgan fingerprint density at radius 3 is 1.06 bits per heavy atom. The fourth-order valence-corrected chi connectivity index (χ4v) is 14.2. The van der Waals surface area contributed by atoms with Crippen molar-refractivity contribution in [2.45, 2.75) is 0 Å². The molecule has 0 N–H and O–H groups in total. The van der Waals surface area contributed by atoms with Gasteiger partial charge in [-0.25, -0.2) is 4.85 Å². The third kappa shape index (κ3) is 5.57. The average molecular weight is 1060 g/mol. The van der Waals surface area contributed by atoms with E-state index < -0.39 is 0 Å². The normalized spacial score (nSPS) is 12.3. The van der Waals surface area contributed by atoms with E-state index in [9.17, 15) is 11.8 Å². The van der Waals surface area contributed by atoms with E-state index in [1.165, 1.54) is 0 Å². The lowest BCUT2D eigenvalue weighted by Crippen LogP contribution is -2.11. The molecule has 382 valence electrons. The molecule has 7 heterocycles. The van der Waals surface area contributed by atoms with Crippen molar-refractivity contribution in [1.29, 1.82) is 5.26 Å². The summed E-state index contributed by atoms with van der Waals surface area (Å²) in [4.78, 5) is 4.81. The molecule has 12 aromatic carbocycles. The fraction of sp³-hybridized carbons (Fsp3) is 0. The molecule has 7 aromatic heterocycles. The van der Waals surface area contributed by atoms with Crippen LogP contribution in [0.3, 0.4) is 0 Å². The minimum atomic E-state index is 0.257. The second-order valence-corrected chi connectivity index (χ2v) is 21.5. The van der Waals surface area contributed by atoms with Gasteiger partial charge >= 0.3 is 0 Å². The smallest absolute Gasteiger partial charge is 0.237 e. The van der Waals surface area contributed by atoms with E-state index in [0.29, 0.717) is 39.4 Å². The Kier molecular flexibility index (Phi) is 8.48. The summed E-state index contributed by atoms with van der Waals surface area (Å²) in [5.41, 5.74) is 14.2. The Morgan fingerprint density at radius 2 is 0.651 bits per heavy atom. The van der Waals surface area contributed by atoms with Crippen molar-refractivity contribution in [1.82, 2.24) is 13.7 Å². The molecule has 0 aliphatic carbocycles. The fourth-order valence-electron chi connectivity index (χ4n) is 14.2. The van der Waals surface area contributed by atoms with Crippen LogP contribution in [0.25, 0.3) is 186 Å². The molecule has 0 amide bonds. The van der Waals surface area contributed by atoms with Gasteiger partial charge in [-0.15, -0.1) is 0 Å². The lowest BCUT2D eigenvalue weighted by molar-refractivity contribution is 0.670. The summed E-state index contributed by atoms with van der Waals surface area (Å²) in [6.07, 6.45) is 0. The number of para-hydroxylation sites is 8. The van der Waals surface area contributed by atoms with Crippen LogP contribution < -0.4 is 0 Å². The summed E-state index contributed by atoms with van der Waals surface area (Å²) in [6.45, 7) is 9.95. The topological polar surface area (TPSA) is 95.5 Å². The van der Waals surface area contributed by atoms with Crippen molar-refractivity contribution in [3.63, 3.8) is 0 Å². The van der Waals surface area contributed by atoms with E-state index in [-0.39, 0.29) is 11.3 Å². The van der Waals surface area contributed by atoms with Gasteiger partial charge in [-0.1, -0.05) is 146 Å². The Labute approximate surface area is 468 Å². The van der Waals surface area contributed by atoms with Crippen LogP contribution in [-0.4, -0.2) is 13.7 Å². The molecule has 0 saturated carbocycles. The molecule has 0 saturated heterocycles. The van der Waals surface area contributed by atoms with Gasteiger partial charge in [0.15, 0.2) is 0 Å². The maximum absolute atomic E-state index is 12.7. The molecule has 83 heavy (non-hydrogen) atoms. The SMILES string of the molecule is [C-]#[N+]c1c(-n2c3ccccc3c3c4oc5ccccc5c4ccc32)c(C#N)c(-c2cccc3c2oc2ccccc23)c(-n2c3ccccc3c3c4oc5ccccc5c4ccc32)c1-n1c2ccccc2c2c3oc4ccccc4c3ccc21. The second-order valence-electron chi connectivity index (χ2n) is 21.5. The first-order chi connectivity index (χ1) is 41.1. The molecular weight excluding hydrogens is 1020 g/mol. The summed E-state index contributed by atoms with van der Waals surface area (Å²) >= 11 is 0. The molecule has 0 unspecified atom stereocenters. The highest BCUT2D eigenvalue weighted by Crippen LogP contribution is 2.55. The van der Waals surface area contributed by atoms with Gasteiger partial charge in [-0.05, 0) is 78.9 Å². The van der Waals surface area contributed by atoms with Crippen LogP contribution in [0.2, 0.25) is 0 Å². The highest BCUT2D eigenvalue weighted by atomic mass is 16.3. The van der Waals surface area contributed by atoms with E-state index in [4.69, 9.17) is 22.5 Å². The van der Waals surface area contributed by atoms with Gasteiger partial charge in [0.25, 0.3) is 0 Å². The molecule has 0 spiro atoms. The molecule has 9 heteroatoms. The minimum absolute atomic E-state index is 0.257. The number of hydrogen-bond acceptors (Lipinski definition) is 5. The Balaban J connectivity index is 1.10. The number of nitrogens with zero attached hydrogens (tertiary/aromatic N) is 5. The Morgan fingerprint density at radius 1 is 0.313 bits per heavy atom. The molecule has 19 rings (SSSR count). The number of aromatic nitrogens is 3. The number of hydrogen-bond donors (Lipinski definition) is 0. The average Bonchev–Trinajstić information content (AvgIpc) is 2.12. The highest BCUT2D eigenvalue weighted by Gasteiger charge is 2.36. The first-order valence-corrected chi connectivity index (χ1v) is 27.6. The molecule has 9 nitrogen and oxygen atoms in total. The largest absolute Gasteiger partial charge is 0.455 e. The summed E-state index contributed by atoms with van der Waals surface area (Å²) in [5.74, 6) is 0. The first kappa shape index (κ1) is 44.1. The number of nitriles is 1. The molecule has 0 radical (unpaired) electrons. The first-order valence-electron chi connectivity index (χ1n) is 27.6. The minimum Gasteiger partial charge on any atom is -0.455 e. The van der Waals surface area contributed by atoms with Crippen LogP contribution in [0.1, 0.15) is 5.56 Å². The number of furan rings is 4. The van der Waals surface area contributed by atoms with Crippen molar-refractivity contribution < 1.29 is 17.7 Å². The highest BCUT2D eigenvalue weighted by molar-refractivity contribution is 6.28. The van der Waals surface area contributed by atoms with Crippen molar-refractivity contribution in [3.8, 4) is 34.3 Å². The summed E-state index contributed by atoms with van der Waals surface area (Å²) in [6, 6.07) is 79.4.